The third-order valence-electron chi connectivity index (χ3n) is 2.44. The van der Waals surface area contributed by atoms with Crippen LogP contribution >= 0.6 is 11.3 Å². The molecule has 1 rings (SSSR count). The lowest BCUT2D eigenvalue weighted by molar-refractivity contribution is -0.141. The topological polar surface area (TPSA) is 55.8 Å². The van der Waals surface area contributed by atoms with E-state index in [2.05, 4.69) is 5.38 Å². The highest BCUT2D eigenvalue weighted by atomic mass is 32.1. The quantitative estimate of drug-likeness (QED) is 0.721. The Kier molecular flexibility index (Phi) is 6.95. The third-order valence-corrected chi connectivity index (χ3v) is 3.18. The van der Waals surface area contributed by atoms with Crippen molar-refractivity contribution in [1.29, 1.82) is 0 Å². The Balaban J connectivity index is 2.43. The van der Waals surface area contributed by atoms with Crippen LogP contribution in [0.15, 0.2) is 16.8 Å². The maximum absolute atomic E-state index is 11.7. The number of carbonyl (C=O) groups is 2. The fourth-order valence-electron chi connectivity index (χ4n) is 1.51. The zero-order chi connectivity index (χ0) is 14.1. The van der Waals surface area contributed by atoms with Crippen molar-refractivity contribution in [3.05, 3.63) is 22.4 Å². The maximum Gasteiger partial charge on any atom is 0.409 e. The summed E-state index contributed by atoms with van der Waals surface area (Å²) in [5.74, 6) is -0.346. The van der Waals surface area contributed by atoms with Crippen molar-refractivity contribution < 1.29 is 19.1 Å². The van der Waals surface area contributed by atoms with Crippen LogP contribution < -0.4 is 0 Å². The molecule has 0 aromatic carbocycles. The van der Waals surface area contributed by atoms with Crippen LogP contribution in [0, 0.1) is 0 Å². The largest absolute Gasteiger partial charge is 0.464 e. The molecule has 0 radical (unpaired) electrons. The van der Waals surface area contributed by atoms with E-state index in [9.17, 15) is 9.59 Å². The van der Waals surface area contributed by atoms with E-state index in [1.54, 1.807) is 23.2 Å². The van der Waals surface area contributed by atoms with E-state index in [1.807, 2.05) is 11.4 Å². The highest BCUT2D eigenvalue weighted by Gasteiger charge is 2.14. The van der Waals surface area contributed by atoms with E-state index in [0.717, 1.165) is 6.42 Å². The van der Waals surface area contributed by atoms with Crippen molar-refractivity contribution in [2.45, 2.75) is 20.3 Å². The Morgan fingerprint density at radius 1 is 1.32 bits per heavy atom. The maximum atomic E-state index is 11.7. The van der Waals surface area contributed by atoms with Crippen molar-refractivity contribution in [3.8, 4) is 0 Å². The highest BCUT2D eigenvalue weighted by Crippen LogP contribution is 2.08. The molecule has 0 aliphatic carbocycles. The lowest BCUT2D eigenvalue weighted by Crippen LogP contribution is -2.36. The molecule has 0 aliphatic rings. The molecule has 106 valence electrons. The number of amides is 1. The minimum atomic E-state index is -0.370. The van der Waals surface area contributed by atoms with Crippen molar-refractivity contribution in [2.24, 2.45) is 0 Å². The first-order valence-electron chi connectivity index (χ1n) is 6.19. The lowest BCUT2D eigenvalue weighted by atomic mass is 10.2. The number of esters is 1. The molecule has 0 spiro atoms. The SMILES string of the molecule is CCOC(=O)N(CCOC(C)=O)CCc1ccsc1. The first-order valence-corrected chi connectivity index (χ1v) is 7.14. The van der Waals surface area contributed by atoms with E-state index in [-0.39, 0.29) is 18.7 Å². The molecule has 6 heteroatoms. The Morgan fingerprint density at radius 2 is 2.11 bits per heavy atom. The molecule has 19 heavy (non-hydrogen) atoms. The van der Waals surface area contributed by atoms with Crippen LogP contribution in [0.3, 0.4) is 0 Å². The van der Waals surface area contributed by atoms with Gasteiger partial charge in [-0.15, -0.1) is 0 Å². The van der Waals surface area contributed by atoms with Gasteiger partial charge in [-0.1, -0.05) is 0 Å². The molecular formula is C13H19NO4S. The summed E-state index contributed by atoms with van der Waals surface area (Å²) in [6.07, 6.45) is 0.396. The van der Waals surface area contributed by atoms with Gasteiger partial charge in [0.2, 0.25) is 0 Å². The summed E-state index contributed by atoms with van der Waals surface area (Å²) >= 11 is 1.63. The number of nitrogens with zero attached hydrogens (tertiary/aromatic N) is 1. The monoisotopic (exact) mass is 285 g/mol. The van der Waals surface area contributed by atoms with E-state index in [1.165, 1.54) is 12.5 Å². The second-order valence-electron chi connectivity index (χ2n) is 3.91. The summed E-state index contributed by atoms with van der Waals surface area (Å²) in [6, 6.07) is 2.03. The summed E-state index contributed by atoms with van der Waals surface area (Å²) in [6.45, 7) is 4.54. The number of carbonyl (C=O) groups excluding carboxylic acids is 2. The number of rotatable bonds is 7. The first-order chi connectivity index (χ1) is 9.13. The molecule has 0 unspecified atom stereocenters. The fraction of sp³-hybridized carbons (Fsp3) is 0.538. The van der Waals surface area contributed by atoms with Gasteiger partial charge in [-0.05, 0) is 35.7 Å². The lowest BCUT2D eigenvalue weighted by Gasteiger charge is -2.21. The van der Waals surface area contributed by atoms with Crippen LogP contribution in [0.5, 0.6) is 0 Å². The number of hydrogen-bond donors (Lipinski definition) is 0. The minimum Gasteiger partial charge on any atom is -0.464 e. The van der Waals surface area contributed by atoms with Crippen molar-refractivity contribution in [1.82, 2.24) is 4.90 Å². The Morgan fingerprint density at radius 3 is 2.68 bits per heavy atom. The van der Waals surface area contributed by atoms with Crippen LogP contribution in [0.2, 0.25) is 0 Å². The zero-order valence-corrected chi connectivity index (χ0v) is 12.1. The van der Waals surface area contributed by atoms with Gasteiger partial charge in [0, 0.05) is 13.5 Å². The van der Waals surface area contributed by atoms with Gasteiger partial charge in [-0.25, -0.2) is 4.79 Å². The van der Waals surface area contributed by atoms with Gasteiger partial charge in [-0.2, -0.15) is 11.3 Å². The summed E-state index contributed by atoms with van der Waals surface area (Å²) in [5, 5.41) is 4.05. The third kappa shape index (κ3) is 6.24. The van der Waals surface area contributed by atoms with E-state index in [4.69, 9.17) is 9.47 Å². The number of hydrogen-bond acceptors (Lipinski definition) is 5. The van der Waals surface area contributed by atoms with Gasteiger partial charge in [0.1, 0.15) is 6.61 Å². The molecule has 1 amide bonds. The number of thiophene rings is 1. The molecule has 0 saturated heterocycles. The van der Waals surface area contributed by atoms with E-state index >= 15 is 0 Å². The normalized spacial score (nSPS) is 10.0. The van der Waals surface area contributed by atoms with E-state index < -0.39 is 0 Å². The van der Waals surface area contributed by atoms with Crippen molar-refractivity contribution in [2.75, 3.05) is 26.3 Å². The molecule has 0 bridgehead atoms. The van der Waals surface area contributed by atoms with Gasteiger partial charge in [0.25, 0.3) is 0 Å². The van der Waals surface area contributed by atoms with Crippen LogP contribution in [0.1, 0.15) is 19.4 Å². The number of ether oxygens (including phenoxy) is 2. The van der Waals surface area contributed by atoms with Crippen LogP contribution in [-0.2, 0) is 20.7 Å². The summed E-state index contributed by atoms with van der Waals surface area (Å²) in [7, 11) is 0. The molecule has 5 nitrogen and oxygen atoms in total. The minimum absolute atomic E-state index is 0.192. The van der Waals surface area contributed by atoms with Gasteiger partial charge < -0.3 is 14.4 Å². The zero-order valence-electron chi connectivity index (χ0n) is 11.3. The standard InChI is InChI=1S/C13H19NO4S/c1-3-17-13(16)14(7-8-18-11(2)15)6-4-12-5-9-19-10-12/h5,9-10H,3-4,6-8H2,1-2H3. The molecule has 1 heterocycles. The molecular weight excluding hydrogens is 266 g/mol. The molecule has 0 saturated carbocycles. The summed E-state index contributed by atoms with van der Waals surface area (Å²) < 4.78 is 9.83. The molecule has 0 N–H and O–H groups in total. The van der Waals surface area contributed by atoms with E-state index in [0.29, 0.717) is 19.7 Å². The Bertz CT molecular complexity index is 391. The molecule has 0 aliphatic heterocycles. The second kappa shape index (κ2) is 8.53. The first kappa shape index (κ1) is 15.5. The van der Waals surface area contributed by atoms with Crippen LogP contribution in [0.4, 0.5) is 4.79 Å². The Labute approximate surface area is 117 Å². The molecule has 1 aromatic rings. The predicted octanol–water partition coefficient (Wildman–Crippen LogP) is 2.31. The fourth-order valence-corrected chi connectivity index (χ4v) is 2.21. The van der Waals surface area contributed by atoms with Crippen LogP contribution in [-0.4, -0.2) is 43.3 Å². The van der Waals surface area contributed by atoms with Gasteiger partial charge >= 0.3 is 12.1 Å². The molecule has 1 aromatic heterocycles. The van der Waals surface area contributed by atoms with Gasteiger partial charge in [-0.3, -0.25) is 4.79 Å². The molecule has 0 fully saturated rings. The summed E-state index contributed by atoms with van der Waals surface area (Å²) in [4.78, 5) is 24.0. The average Bonchev–Trinajstić information content (AvgIpc) is 2.86. The Hall–Kier alpha value is -1.56. The van der Waals surface area contributed by atoms with Gasteiger partial charge in [0.05, 0.1) is 13.2 Å². The van der Waals surface area contributed by atoms with Crippen LogP contribution in [0.25, 0.3) is 0 Å². The highest BCUT2D eigenvalue weighted by molar-refractivity contribution is 7.07. The van der Waals surface area contributed by atoms with Crippen molar-refractivity contribution >= 4 is 23.4 Å². The predicted molar refractivity (Wildman–Crippen MR) is 73.3 cm³/mol. The molecule has 0 atom stereocenters. The van der Waals surface area contributed by atoms with Gasteiger partial charge in [0.15, 0.2) is 0 Å². The average molecular weight is 285 g/mol. The van der Waals surface area contributed by atoms with Crippen molar-refractivity contribution in [3.63, 3.8) is 0 Å². The summed E-state index contributed by atoms with van der Waals surface area (Å²) in [5.41, 5.74) is 1.19. The smallest absolute Gasteiger partial charge is 0.409 e. The second-order valence-corrected chi connectivity index (χ2v) is 4.69.